The van der Waals surface area contributed by atoms with Crippen LogP contribution in [0.2, 0.25) is 4.34 Å². The van der Waals surface area contributed by atoms with Gasteiger partial charge in [-0.1, -0.05) is 11.6 Å². The third-order valence-corrected chi connectivity index (χ3v) is 4.07. The van der Waals surface area contributed by atoms with Crippen LogP contribution in [0.4, 0.5) is 0 Å². The number of hydrogen-bond donors (Lipinski definition) is 1. The van der Waals surface area contributed by atoms with Gasteiger partial charge < -0.3 is 10.1 Å². The van der Waals surface area contributed by atoms with E-state index >= 15 is 0 Å². The van der Waals surface area contributed by atoms with Crippen LogP contribution in [-0.2, 0) is 4.74 Å². The second kappa shape index (κ2) is 5.30. The van der Waals surface area contributed by atoms with E-state index in [0.29, 0.717) is 6.10 Å². The number of hydrogen-bond acceptors (Lipinski definition) is 3. The average molecular weight is 246 g/mol. The molecule has 1 atom stereocenters. The number of ether oxygens (including phenoxy) is 1. The van der Waals surface area contributed by atoms with E-state index in [1.807, 2.05) is 6.07 Å². The number of halogens is 1. The predicted octanol–water partition coefficient (Wildman–Crippen LogP) is 3.23. The smallest absolute Gasteiger partial charge is 0.0932 e. The molecule has 2 rings (SSSR count). The first-order chi connectivity index (χ1) is 7.25. The molecule has 1 N–H and O–H groups in total. The van der Waals surface area contributed by atoms with Crippen molar-refractivity contribution in [1.29, 1.82) is 0 Å². The SMILES string of the molecule is CC(OC1CCNCC1)c1ccc(Cl)s1. The predicted molar refractivity (Wildman–Crippen MR) is 64.7 cm³/mol. The molecular formula is C11H16ClNOS. The largest absolute Gasteiger partial charge is 0.370 e. The summed E-state index contributed by atoms with van der Waals surface area (Å²) in [4.78, 5) is 1.22. The minimum absolute atomic E-state index is 0.172. The molecule has 0 spiro atoms. The lowest BCUT2D eigenvalue weighted by atomic mass is 10.1. The Balaban J connectivity index is 1.88. The maximum absolute atomic E-state index is 6.00. The lowest BCUT2D eigenvalue weighted by Crippen LogP contribution is -2.32. The fourth-order valence-corrected chi connectivity index (χ4v) is 2.88. The molecule has 0 amide bonds. The van der Waals surface area contributed by atoms with Crippen molar-refractivity contribution in [2.75, 3.05) is 13.1 Å². The minimum atomic E-state index is 0.172. The van der Waals surface area contributed by atoms with Crippen molar-refractivity contribution in [2.45, 2.75) is 32.0 Å². The van der Waals surface area contributed by atoms with Gasteiger partial charge in [-0.3, -0.25) is 0 Å². The Kier molecular flexibility index (Phi) is 4.03. The van der Waals surface area contributed by atoms with Crippen LogP contribution in [0.25, 0.3) is 0 Å². The Labute approximate surface area is 99.6 Å². The van der Waals surface area contributed by atoms with Crippen molar-refractivity contribution < 1.29 is 4.74 Å². The molecule has 0 radical (unpaired) electrons. The summed E-state index contributed by atoms with van der Waals surface area (Å²) < 4.78 is 6.84. The van der Waals surface area contributed by atoms with Crippen LogP contribution >= 0.6 is 22.9 Å². The summed E-state index contributed by atoms with van der Waals surface area (Å²) in [5.74, 6) is 0. The Morgan fingerprint density at radius 3 is 2.80 bits per heavy atom. The number of nitrogens with one attached hydrogen (secondary N) is 1. The molecule has 2 heterocycles. The van der Waals surface area contributed by atoms with E-state index in [0.717, 1.165) is 30.3 Å². The summed E-state index contributed by atoms with van der Waals surface area (Å²) in [5.41, 5.74) is 0. The summed E-state index contributed by atoms with van der Waals surface area (Å²) in [7, 11) is 0. The Morgan fingerprint density at radius 2 is 2.20 bits per heavy atom. The molecule has 1 aliphatic rings. The maximum atomic E-state index is 6.00. The molecule has 1 fully saturated rings. The lowest BCUT2D eigenvalue weighted by molar-refractivity contribution is -0.0169. The van der Waals surface area contributed by atoms with E-state index in [9.17, 15) is 0 Å². The van der Waals surface area contributed by atoms with Crippen LogP contribution in [0.15, 0.2) is 12.1 Å². The molecule has 1 aromatic heterocycles. The van der Waals surface area contributed by atoms with E-state index in [4.69, 9.17) is 16.3 Å². The maximum Gasteiger partial charge on any atom is 0.0932 e. The van der Waals surface area contributed by atoms with Gasteiger partial charge in [-0.25, -0.2) is 0 Å². The topological polar surface area (TPSA) is 21.3 Å². The lowest BCUT2D eigenvalue weighted by Gasteiger charge is -2.25. The zero-order valence-corrected chi connectivity index (χ0v) is 10.4. The summed E-state index contributed by atoms with van der Waals surface area (Å²) in [6, 6.07) is 3.99. The molecular weight excluding hydrogens is 230 g/mol. The summed E-state index contributed by atoms with van der Waals surface area (Å²) in [5, 5.41) is 3.33. The number of thiophene rings is 1. The first-order valence-corrected chi connectivity index (χ1v) is 6.56. The van der Waals surface area contributed by atoms with E-state index in [1.54, 1.807) is 11.3 Å². The highest BCUT2D eigenvalue weighted by atomic mass is 35.5. The van der Waals surface area contributed by atoms with E-state index in [2.05, 4.69) is 18.3 Å². The quantitative estimate of drug-likeness (QED) is 0.883. The zero-order valence-electron chi connectivity index (χ0n) is 8.83. The normalized spacial score (nSPS) is 20.4. The molecule has 1 aromatic rings. The van der Waals surface area contributed by atoms with Crippen LogP contribution in [-0.4, -0.2) is 19.2 Å². The standard InChI is InChI=1S/C11H16ClNOS/c1-8(10-2-3-11(12)15-10)14-9-4-6-13-7-5-9/h2-3,8-9,13H,4-7H2,1H3. The third-order valence-electron chi connectivity index (χ3n) is 2.68. The van der Waals surface area contributed by atoms with E-state index in [-0.39, 0.29) is 6.10 Å². The van der Waals surface area contributed by atoms with Gasteiger partial charge in [0.05, 0.1) is 16.5 Å². The second-order valence-electron chi connectivity index (χ2n) is 3.87. The van der Waals surface area contributed by atoms with Gasteiger partial charge in [0.25, 0.3) is 0 Å². The summed E-state index contributed by atoms with van der Waals surface area (Å²) in [6.45, 7) is 4.25. The average Bonchev–Trinajstić information content (AvgIpc) is 2.66. The van der Waals surface area contributed by atoms with E-state index in [1.165, 1.54) is 4.88 Å². The fourth-order valence-electron chi connectivity index (χ4n) is 1.83. The highest BCUT2D eigenvalue weighted by Gasteiger charge is 2.18. The molecule has 0 aromatic carbocycles. The number of piperidine rings is 1. The van der Waals surface area contributed by atoms with Crippen molar-refractivity contribution in [1.82, 2.24) is 5.32 Å². The van der Waals surface area contributed by atoms with E-state index < -0.39 is 0 Å². The molecule has 4 heteroatoms. The molecule has 2 nitrogen and oxygen atoms in total. The highest BCUT2D eigenvalue weighted by Crippen LogP contribution is 2.30. The van der Waals surface area contributed by atoms with Crippen LogP contribution in [0.1, 0.15) is 30.7 Å². The van der Waals surface area contributed by atoms with Crippen molar-refractivity contribution in [3.8, 4) is 0 Å². The van der Waals surface area contributed by atoms with Gasteiger partial charge in [0, 0.05) is 4.88 Å². The van der Waals surface area contributed by atoms with Gasteiger partial charge in [-0.15, -0.1) is 11.3 Å². The van der Waals surface area contributed by atoms with Crippen molar-refractivity contribution in [2.24, 2.45) is 0 Å². The monoisotopic (exact) mass is 245 g/mol. The van der Waals surface area contributed by atoms with Gasteiger partial charge in [-0.05, 0) is 45.0 Å². The molecule has 15 heavy (non-hydrogen) atoms. The second-order valence-corrected chi connectivity index (χ2v) is 5.62. The third kappa shape index (κ3) is 3.18. The number of rotatable bonds is 3. The van der Waals surface area contributed by atoms with Crippen LogP contribution in [0.5, 0.6) is 0 Å². The molecule has 1 saturated heterocycles. The van der Waals surface area contributed by atoms with Gasteiger partial charge in [0.1, 0.15) is 0 Å². The summed E-state index contributed by atoms with van der Waals surface area (Å²) in [6.07, 6.45) is 2.81. The van der Waals surface area contributed by atoms with Crippen molar-refractivity contribution >= 4 is 22.9 Å². The zero-order chi connectivity index (χ0) is 10.7. The van der Waals surface area contributed by atoms with Crippen molar-refractivity contribution in [3.05, 3.63) is 21.3 Å². The minimum Gasteiger partial charge on any atom is -0.370 e. The summed E-state index contributed by atoms with van der Waals surface area (Å²) >= 11 is 7.51. The van der Waals surface area contributed by atoms with Crippen LogP contribution < -0.4 is 5.32 Å². The fraction of sp³-hybridized carbons (Fsp3) is 0.636. The molecule has 0 saturated carbocycles. The van der Waals surface area contributed by atoms with Gasteiger partial charge >= 0.3 is 0 Å². The Hall–Kier alpha value is -0.0900. The van der Waals surface area contributed by atoms with Crippen LogP contribution in [0, 0.1) is 0 Å². The molecule has 1 unspecified atom stereocenters. The first-order valence-electron chi connectivity index (χ1n) is 5.37. The molecule has 1 aliphatic heterocycles. The Bertz CT molecular complexity index is 309. The van der Waals surface area contributed by atoms with Crippen molar-refractivity contribution in [3.63, 3.8) is 0 Å². The first kappa shape index (κ1) is 11.4. The van der Waals surface area contributed by atoms with Gasteiger partial charge in [-0.2, -0.15) is 0 Å². The van der Waals surface area contributed by atoms with Gasteiger partial charge in [0.2, 0.25) is 0 Å². The molecule has 84 valence electrons. The molecule has 0 aliphatic carbocycles. The Morgan fingerprint density at radius 1 is 1.47 bits per heavy atom. The van der Waals surface area contributed by atoms with Crippen LogP contribution in [0.3, 0.4) is 0 Å². The highest BCUT2D eigenvalue weighted by molar-refractivity contribution is 7.16. The molecule has 0 bridgehead atoms. The van der Waals surface area contributed by atoms with Gasteiger partial charge in [0.15, 0.2) is 0 Å².